The van der Waals surface area contributed by atoms with E-state index in [2.05, 4.69) is 10.2 Å². The number of nitrogens with zero attached hydrogens (tertiary/aromatic N) is 5. The summed E-state index contributed by atoms with van der Waals surface area (Å²) in [4.78, 5) is 16.5. The molecule has 0 unspecified atom stereocenters. The Morgan fingerprint density at radius 3 is 2.62 bits per heavy atom. The van der Waals surface area contributed by atoms with Gasteiger partial charge in [-0.1, -0.05) is 41.6 Å². The van der Waals surface area contributed by atoms with E-state index >= 15 is 0 Å². The van der Waals surface area contributed by atoms with Crippen molar-refractivity contribution in [2.45, 2.75) is 24.9 Å². The fraction of sp³-hybridized carbons (Fsp3) is 0.348. The van der Waals surface area contributed by atoms with Gasteiger partial charge in [0.25, 0.3) is 0 Å². The Balaban J connectivity index is 1.25. The number of aryl methyl sites for hydroxylation is 1. The maximum Gasteiger partial charge on any atom is 0.222 e. The van der Waals surface area contributed by atoms with Crippen LogP contribution in [0.5, 0.6) is 0 Å². The molecule has 1 fully saturated rings. The number of piperazine rings is 1. The number of benzene rings is 2. The number of hydrogen-bond donors (Lipinski definition) is 0. The van der Waals surface area contributed by atoms with Crippen LogP contribution in [0.4, 0.5) is 10.1 Å². The number of anilines is 1. The molecule has 0 N–H and O–H groups in total. The maximum atomic E-state index is 14.0. The summed E-state index contributed by atoms with van der Waals surface area (Å²) in [5.41, 5.74) is 1.53. The normalized spacial score (nSPS) is 14.1. The predicted molar refractivity (Wildman–Crippen MR) is 126 cm³/mol. The first-order valence-electron chi connectivity index (χ1n) is 10.6. The molecule has 6 nitrogen and oxygen atoms in total. The lowest BCUT2D eigenvalue weighted by molar-refractivity contribution is -0.131. The van der Waals surface area contributed by atoms with Crippen molar-refractivity contribution in [1.29, 1.82) is 0 Å². The molecule has 0 atom stereocenters. The molecule has 0 radical (unpaired) electrons. The van der Waals surface area contributed by atoms with Crippen LogP contribution in [0.25, 0.3) is 5.69 Å². The molecule has 3 aromatic rings. The number of carbonyl (C=O) groups is 1. The average molecular weight is 474 g/mol. The number of halogens is 2. The zero-order valence-electron chi connectivity index (χ0n) is 17.9. The number of carbonyl (C=O) groups excluding carboxylic acids is 1. The van der Waals surface area contributed by atoms with Crippen LogP contribution in [0.15, 0.2) is 53.7 Å². The maximum absolute atomic E-state index is 14.0. The summed E-state index contributed by atoms with van der Waals surface area (Å²) >= 11 is 7.71. The fourth-order valence-electron chi connectivity index (χ4n) is 3.80. The molecule has 0 spiro atoms. The van der Waals surface area contributed by atoms with Crippen molar-refractivity contribution in [2.75, 3.05) is 36.8 Å². The van der Waals surface area contributed by atoms with Crippen molar-refractivity contribution in [3.63, 3.8) is 0 Å². The highest BCUT2D eigenvalue weighted by Crippen LogP contribution is 2.25. The number of amides is 1. The van der Waals surface area contributed by atoms with Gasteiger partial charge < -0.3 is 9.80 Å². The van der Waals surface area contributed by atoms with E-state index in [1.165, 1.54) is 6.07 Å². The number of aromatic nitrogens is 3. The molecule has 1 aromatic heterocycles. The Labute approximate surface area is 196 Å². The summed E-state index contributed by atoms with van der Waals surface area (Å²) in [6.45, 7) is 4.42. The number of hydrogen-bond acceptors (Lipinski definition) is 5. The number of thioether (sulfide) groups is 1. The molecule has 168 valence electrons. The van der Waals surface area contributed by atoms with Crippen LogP contribution in [-0.2, 0) is 4.79 Å². The lowest BCUT2D eigenvalue weighted by Gasteiger charge is -2.36. The second-order valence-corrected chi connectivity index (χ2v) is 9.11. The first-order valence-corrected chi connectivity index (χ1v) is 12.0. The van der Waals surface area contributed by atoms with Gasteiger partial charge in [0.05, 0.1) is 11.4 Å². The standard InChI is InChI=1S/C23H25ClFN5OS/c1-17-26-27-23(30(17)19-7-4-6-18(24)16-19)32-15-5-10-22(31)29-13-11-28(12-14-29)21-9-3-2-8-20(21)25/h2-4,6-9,16H,5,10-15H2,1H3. The fourth-order valence-corrected chi connectivity index (χ4v) is 4.92. The zero-order chi connectivity index (χ0) is 22.5. The van der Waals surface area contributed by atoms with Crippen LogP contribution in [-0.4, -0.2) is 57.5 Å². The predicted octanol–water partition coefficient (Wildman–Crippen LogP) is 4.59. The monoisotopic (exact) mass is 473 g/mol. The lowest BCUT2D eigenvalue weighted by Crippen LogP contribution is -2.49. The second-order valence-electron chi connectivity index (χ2n) is 7.62. The summed E-state index contributed by atoms with van der Waals surface area (Å²) in [5, 5.41) is 9.91. The Morgan fingerprint density at radius 1 is 1.09 bits per heavy atom. The average Bonchev–Trinajstić information content (AvgIpc) is 3.17. The molecular formula is C23H25ClFN5OS. The van der Waals surface area contributed by atoms with Gasteiger partial charge >= 0.3 is 0 Å². The molecule has 1 saturated heterocycles. The molecule has 1 amide bonds. The third-order valence-electron chi connectivity index (χ3n) is 5.45. The first-order chi connectivity index (χ1) is 15.5. The first kappa shape index (κ1) is 22.6. The number of rotatable bonds is 7. The SMILES string of the molecule is Cc1nnc(SCCCC(=O)N2CCN(c3ccccc3F)CC2)n1-c1cccc(Cl)c1. The van der Waals surface area contributed by atoms with E-state index in [1.54, 1.807) is 23.9 Å². The van der Waals surface area contributed by atoms with E-state index in [-0.39, 0.29) is 11.7 Å². The van der Waals surface area contributed by atoms with E-state index in [0.717, 1.165) is 28.8 Å². The minimum absolute atomic E-state index is 0.145. The highest BCUT2D eigenvalue weighted by atomic mass is 35.5. The van der Waals surface area contributed by atoms with Crippen molar-refractivity contribution in [1.82, 2.24) is 19.7 Å². The van der Waals surface area contributed by atoms with Crippen LogP contribution in [0.1, 0.15) is 18.7 Å². The van der Waals surface area contributed by atoms with Gasteiger partial charge in [-0.25, -0.2) is 4.39 Å². The molecule has 2 heterocycles. The van der Waals surface area contributed by atoms with Gasteiger partial charge in [-0.3, -0.25) is 9.36 Å². The summed E-state index contributed by atoms with van der Waals surface area (Å²) in [6, 6.07) is 14.4. The molecule has 2 aromatic carbocycles. The van der Waals surface area contributed by atoms with Gasteiger partial charge in [0.1, 0.15) is 11.6 Å². The highest BCUT2D eigenvalue weighted by molar-refractivity contribution is 7.99. The Hall–Kier alpha value is -2.58. The quantitative estimate of drug-likeness (QED) is 0.371. The summed E-state index contributed by atoms with van der Waals surface area (Å²) < 4.78 is 16.0. The van der Waals surface area contributed by atoms with Gasteiger partial charge in [-0.2, -0.15) is 0 Å². The molecular weight excluding hydrogens is 449 g/mol. The van der Waals surface area contributed by atoms with Gasteiger partial charge in [0.15, 0.2) is 5.16 Å². The second kappa shape index (κ2) is 10.4. The largest absolute Gasteiger partial charge is 0.366 e. The Kier molecular flexibility index (Phi) is 7.32. The molecule has 32 heavy (non-hydrogen) atoms. The van der Waals surface area contributed by atoms with E-state index in [4.69, 9.17) is 11.6 Å². The third-order valence-corrected chi connectivity index (χ3v) is 6.70. The van der Waals surface area contributed by atoms with Crippen LogP contribution in [0.3, 0.4) is 0 Å². The Bertz CT molecular complexity index is 1080. The van der Waals surface area contributed by atoms with Gasteiger partial charge in [-0.05, 0) is 43.7 Å². The van der Waals surface area contributed by atoms with Crippen LogP contribution in [0, 0.1) is 12.7 Å². The van der Waals surface area contributed by atoms with E-state index in [9.17, 15) is 9.18 Å². The van der Waals surface area contributed by atoms with Gasteiger partial charge in [-0.15, -0.1) is 10.2 Å². The zero-order valence-corrected chi connectivity index (χ0v) is 19.4. The molecule has 9 heteroatoms. The van der Waals surface area contributed by atoms with Crippen LogP contribution >= 0.6 is 23.4 Å². The summed E-state index contributed by atoms with van der Waals surface area (Å²) in [5.74, 6) is 1.48. The van der Waals surface area contributed by atoms with Crippen molar-refractivity contribution in [3.05, 3.63) is 65.2 Å². The van der Waals surface area contributed by atoms with E-state index in [1.807, 2.05) is 51.6 Å². The molecule has 1 aliphatic rings. The Morgan fingerprint density at radius 2 is 1.88 bits per heavy atom. The lowest BCUT2D eigenvalue weighted by atomic mass is 10.2. The highest BCUT2D eigenvalue weighted by Gasteiger charge is 2.22. The molecule has 1 aliphatic heterocycles. The minimum atomic E-state index is -0.217. The van der Waals surface area contributed by atoms with Crippen molar-refractivity contribution < 1.29 is 9.18 Å². The van der Waals surface area contributed by atoms with Crippen LogP contribution in [0.2, 0.25) is 5.02 Å². The van der Waals surface area contributed by atoms with E-state index < -0.39 is 0 Å². The summed E-state index contributed by atoms with van der Waals surface area (Å²) in [6.07, 6.45) is 1.23. The molecule has 4 rings (SSSR count). The third kappa shape index (κ3) is 5.24. The van der Waals surface area contributed by atoms with Crippen LogP contribution < -0.4 is 4.90 Å². The number of para-hydroxylation sites is 1. The van der Waals surface area contributed by atoms with Gasteiger partial charge in [0, 0.05) is 43.4 Å². The topological polar surface area (TPSA) is 54.3 Å². The summed E-state index contributed by atoms with van der Waals surface area (Å²) in [7, 11) is 0. The molecule has 0 bridgehead atoms. The van der Waals surface area contributed by atoms with E-state index in [0.29, 0.717) is 43.3 Å². The van der Waals surface area contributed by atoms with Gasteiger partial charge in [0.2, 0.25) is 5.91 Å². The minimum Gasteiger partial charge on any atom is -0.366 e. The van der Waals surface area contributed by atoms with Crippen molar-refractivity contribution >= 4 is 35.0 Å². The van der Waals surface area contributed by atoms with Crippen molar-refractivity contribution in [2.24, 2.45) is 0 Å². The van der Waals surface area contributed by atoms with Crippen molar-refractivity contribution in [3.8, 4) is 5.69 Å². The molecule has 0 aliphatic carbocycles. The smallest absolute Gasteiger partial charge is 0.222 e. The molecule has 0 saturated carbocycles.